The summed E-state index contributed by atoms with van der Waals surface area (Å²) in [4.78, 5) is 27.4. The number of anilines is 1. The van der Waals surface area contributed by atoms with Crippen LogP contribution in [-0.2, 0) is 14.6 Å². The van der Waals surface area contributed by atoms with Crippen molar-refractivity contribution in [2.75, 3.05) is 49.1 Å². The molecule has 160 valence electrons. The van der Waals surface area contributed by atoms with Gasteiger partial charge in [0.15, 0.2) is 16.4 Å². The molecule has 1 amide bonds. The molecule has 1 aromatic heterocycles. The molecule has 2 aliphatic heterocycles. The van der Waals surface area contributed by atoms with Crippen LogP contribution in [0, 0.1) is 0 Å². The fourth-order valence-electron chi connectivity index (χ4n) is 5.02. The minimum atomic E-state index is -3.00. The molecule has 1 N–H and O–H groups in total. The van der Waals surface area contributed by atoms with Crippen LogP contribution in [0.15, 0.2) is 18.5 Å². The molecular formula is C20H32N5O3S+. The summed E-state index contributed by atoms with van der Waals surface area (Å²) >= 11 is 0. The van der Waals surface area contributed by atoms with Crippen molar-refractivity contribution in [1.82, 2.24) is 14.9 Å². The second kappa shape index (κ2) is 8.95. The van der Waals surface area contributed by atoms with Gasteiger partial charge in [0, 0.05) is 24.5 Å². The van der Waals surface area contributed by atoms with Crippen molar-refractivity contribution in [2.45, 2.75) is 50.6 Å². The summed E-state index contributed by atoms with van der Waals surface area (Å²) in [5, 5.41) is 0. The predicted octanol–water partition coefficient (Wildman–Crippen LogP) is -0.470. The number of sulfone groups is 1. The van der Waals surface area contributed by atoms with Gasteiger partial charge in [0.05, 0.1) is 37.7 Å². The minimum absolute atomic E-state index is 0.131. The summed E-state index contributed by atoms with van der Waals surface area (Å²) in [6.07, 6.45) is 9.61. The van der Waals surface area contributed by atoms with E-state index in [1.165, 1.54) is 11.3 Å². The summed E-state index contributed by atoms with van der Waals surface area (Å²) in [6.45, 7) is 3.84. The smallest absolute Gasteiger partial charge is 0.278 e. The largest absolute Gasteiger partial charge is 0.331 e. The average molecular weight is 423 g/mol. The van der Waals surface area contributed by atoms with E-state index >= 15 is 0 Å². The van der Waals surface area contributed by atoms with Crippen molar-refractivity contribution in [3.63, 3.8) is 0 Å². The highest BCUT2D eigenvalue weighted by Crippen LogP contribution is 2.28. The summed E-state index contributed by atoms with van der Waals surface area (Å²) in [5.41, 5.74) is 0. The highest BCUT2D eigenvalue weighted by molar-refractivity contribution is 7.91. The van der Waals surface area contributed by atoms with E-state index in [4.69, 9.17) is 0 Å². The molecule has 9 heteroatoms. The Kier molecular flexibility index (Phi) is 6.34. The summed E-state index contributed by atoms with van der Waals surface area (Å²) in [6, 6.07) is 1.90. The molecule has 0 bridgehead atoms. The first-order chi connectivity index (χ1) is 14.0. The lowest BCUT2D eigenvalue weighted by molar-refractivity contribution is -0.892. The second-order valence-electron chi connectivity index (χ2n) is 8.61. The van der Waals surface area contributed by atoms with Crippen molar-refractivity contribution < 1.29 is 18.1 Å². The van der Waals surface area contributed by atoms with Gasteiger partial charge in [0.25, 0.3) is 5.91 Å². The Morgan fingerprint density at radius 1 is 1.07 bits per heavy atom. The third-order valence-electron chi connectivity index (χ3n) is 6.56. The number of amides is 1. The Balaban J connectivity index is 1.38. The summed E-state index contributed by atoms with van der Waals surface area (Å²) < 4.78 is 24.1. The molecule has 1 aromatic rings. The van der Waals surface area contributed by atoms with Crippen LogP contribution in [0.3, 0.4) is 0 Å². The van der Waals surface area contributed by atoms with Gasteiger partial charge in [-0.1, -0.05) is 19.3 Å². The van der Waals surface area contributed by atoms with Gasteiger partial charge in [-0.3, -0.25) is 4.79 Å². The Bertz CT molecular complexity index is 790. The standard InChI is InChI=1S/C20H31N5O3S/c26-19(15-23-10-12-24(13-11-23)20-21-8-4-9-22-20)25(17-5-2-1-3-6-17)18-7-14-29(27,28)16-18/h4,8-9,17-18H,1-3,5-7,10-16H2/p+1/t18-/m1/s1. The highest BCUT2D eigenvalue weighted by Gasteiger charge is 2.39. The maximum absolute atomic E-state index is 13.3. The molecule has 4 rings (SSSR count). The quantitative estimate of drug-likeness (QED) is 0.690. The number of carbonyl (C=O) groups excluding carboxylic acids is 1. The van der Waals surface area contributed by atoms with Crippen molar-refractivity contribution in [1.29, 1.82) is 0 Å². The van der Waals surface area contributed by atoms with E-state index in [1.807, 2.05) is 11.0 Å². The number of carbonyl (C=O) groups is 1. The lowest BCUT2D eigenvalue weighted by Crippen LogP contribution is -3.16. The van der Waals surface area contributed by atoms with Crippen LogP contribution in [0.1, 0.15) is 38.5 Å². The molecule has 3 heterocycles. The van der Waals surface area contributed by atoms with Crippen molar-refractivity contribution >= 4 is 21.7 Å². The number of hydrogen-bond donors (Lipinski definition) is 1. The summed E-state index contributed by atoms with van der Waals surface area (Å²) in [7, 11) is -3.00. The molecule has 8 nitrogen and oxygen atoms in total. The number of nitrogens with zero attached hydrogens (tertiary/aromatic N) is 4. The molecular weight excluding hydrogens is 390 g/mol. The van der Waals surface area contributed by atoms with Gasteiger partial charge in [0.1, 0.15) is 0 Å². The molecule has 0 unspecified atom stereocenters. The Morgan fingerprint density at radius 3 is 2.38 bits per heavy atom. The minimum Gasteiger partial charge on any atom is -0.331 e. The maximum atomic E-state index is 13.3. The second-order valence-corrected chi connectivity index (χ2v) is 10.8. The highest BCUT2D eigenvalue weighted by atomic mass is 32.2. The monoisotopic (exact) mass is 422 g/mol. The van der Waals surface area contributed by atoms with Crippen LogP contribution in [0.5, 0.6) is 0 Å². The van der Waals surface area contributed by atoms with Crippen LogP contribution in [0.25, 0.3) is 0 Å². The number of rotatable bonds is 5. The van der Waals surface area contributed by atoms with Crippen LogP contribution in [0.2, 0.25) is 0 Å². The first-order valence-corrected chi connectivity index (χ1v) is 12.7. The molecule has 3 aliphatic rings. The zero-order chi connectivity index (χ0) is 20.3. The van der Waals surface area contributed by atoms with Crippen molar-refractivity contribution in [3.8, 4) is 0 Å². The zero-order valence-electron chi connectivity index (χ0n) is 17.0. The van der Waals surface area contributed by atoms with Crippen molar-refractivity contribution in [3.05, 3.63) is 18.5 Å². The van der Waals surface area contributed by atoms with Gasteiger partial charge in [-0.05, 0) is 25.3 Å². The fourth-order valence-corrected chi connectivity index (χ4v) is 6.73. The number of hydrogen-bond acceptors (Lipinski definition) is 6. The van der Waals surface area contributed by atoms with E-state index in [-0.39, 0.29) is 29.5 Å². The van der Waals surface area contributed by atoms with Crippen molar-refractivity contribution in [2.24, 2.45) is 0 Å². The van der Waals surface area contributed by atoms with E-state index in [2.05, 4.69) is 14.9 Å². The Labute approximate surface area is 173 Å². The first kappa shape index (κ1) is 20.5. The van der Waals surface area contributed by atoms with Gasteiger partial charge >= 0.3 is 0 Å². The van der Waals surface area contributed by atoms with Crippen LogP contribution in [-0.4, -0.2) is 85.5 Å². The normalized spacial score (nSPS) is 25.8. The van der Waals surface area contributed by atoms with E-state index in [0.29, 0.717) is 13.0 Å². The number of nitrogens with one attached hydrogen (secondary N) is 1. The number of aromatic nitrogens is 2. The first-order valence-electron chi connectivity index (χ1n) is 10.9. The van der Waals surface area contributed by atoms with Gasteiger partial charge in [-0.2, -0.15) is 0 Å². The van der Waals surface area contributed by atoms with E-state index < -0.39 is 9.84 Å². The number of piperazine rings is 1. The Morgan fingerprint density at radius 2 is 1.76 bits per heavy atom. The number of quaternary nitrogens is 1. The van der Waals surface area contributed by atoms with E-state index in [9.17, 15) is 13.2 Å². The van der Waals surface area contributed by atoms with Gasteiger partial charge < -0.3 is 14.7 Å². The molecule has 1 atom stereocenters. The van der Waals surface area contributed by atoms with E-state index in [1.54, 1.807) is 12.4 Å². The van der Waals surface area contributed by atoms with E-state index in [0.717, 1.165) is 57.8 Å². The average Bonchev–Trinajstić information content (AvgIpc) is 3.09. The van der Waals surface area contributed by atoms with Crippen LogP contribution in [0.4, 0.5) is 5.95 Å². The third kappa shape index (κ3) is 5.06. The van der Waals surface area contributed by atoms with Crippen LogP contribution >= 0.6 is 0 Å². The third-order valence-corrected chi connectivity index (χ3v) is 8.31. The van der Waals surface area contributed by atoms with Gasteiger partial charge in [-0.25, -0.2) is 18.4 Å². The maximum Gasteiger partial charge on any atom is 0.278 e. The zero-order valence-corrected chi connectivity index (χ0v) is 17.8. The SMILES string of the molecule is O=C(C[NH+]1CCN(c2ncccn2)CC1)N(C1CCCCC1)[C@@H]1CCS(=O)(=O)C1. The van der Waals surface area contributed by atoms with Gasteiger partial charge in [-0.15, -0.1) is 0 Å². The molecule has 29 heavy (non-hydrogen) atoms. The van der Waals surface area contributed by atoms with Crippen LogP contribution < -0.4 is 9.80 Å². The molecule has 0 spiro atoms. The topological polar surface area (TPSA) is 87.9 Å². The summed E-state index contributed by atoms with van der Waals surface area (Å²) in [5.74, 6) is 1.25. The predicted molar refractivity (Wildman–Crippen MR) is 111 cm³/mol. The lowest BCUT2D eigenvalue weighted by Gasteiger charge is -2.39. The van der Waals surface area contributed by atoms with Gasteiger partial charge in [0.2, 0.25) is 5.95 Å². The Hall–Kier alpha value is -1.74. The molecule has 2 saturated heterocycles. The lowest BCUT2D eigenvalue weighted by atomic mass is 9.92. The molecule has 3 fully saturated rings. The molecule has 1 saturated carbocycles. The molecule has 1 aliphatic carbocycles. The fraction of sp³-hybridized carbons (Fsp3) is 0.750. The molecule has 0 aromatic carbocycles. The molecule has 0 radical (unpaired) electrons.